The van der Waals surface area contributed by atoms with Crippen LogP contribution < -0.4 is 0 Å². The van der Waals surface area contributed by atoms with Crippen LogP contribution in [0.5, 0.6) is 0 Å². The molecule has 0 radical (unpaired) electrons. The van der Waals surface area contributed by atoms with Crippen LogP contribution in [0.2, 0.25) is 0 Å². The van der Waals surface area contributed by atoms with Gasteiger partial charge in [0.1, 0.15) is 6.29 Å². The second kappa shape index (κ2) is 3.92. The van der Waals surface area contributed by atoms with Crippen LogP contribution in [0.25, 0.3) is 21.8 Å². The molecule has 0 unspecified atom stereocenters. The molecule has 0 aliphatic carbocycles. The van der Waals surface area contributed by atoms with Crippen molar-refractivity contribution in [1.82, 2.24) is 14.8 Å². The van der Waals surface area contributed by atoms with Gasteiger partial charge in [0.05, 0.1) is 30.0 Å². The zero-order valence-corrected chi connectivity index (χ0v) is 10.4. The molecule has 4 nitrogen and oxygen atoms in total. The van der Waals surface area contributed by atoms with Crippen molar-refractivity contribution in [1.29, 1.82) is 0 Å². The fourth-order valence-corrected chi connectivity index (χ4v) is 2.28. The van der Waals surface area contributed by atoms with Gasteiger partial charge in [-0.15, -0.1) is 0 Å². The van der Waals surface area contributed by atoms with Crippen molar-refractivity contribution < 1.29 is 4.79 Å². The molecule has 84 valence electrons. The predicted molar refractivity (Wildman–Crippen MR) is 68.8 cm³/mol. The lowest BCUT2D eigenvalue weighted by atomic mass is 10.1. The van der Waals surface area contributed by atoms with Crippen LogP contribution in [0.15, 0.2) is 35.1 Å². The van der Waals surface area contributed by atoms with E-state index in [1.165, 1.54) is 0 Å². The molecule has 0 aliphatic rings. The lowest BCUT2D eigenvalue weighted by molar-refractivity contribution is -0.108. The summed E-state index contributed by atoms with van der Waals surface area (Å²) in [6, 6.07) is 5.92. The summed E-state index contributed by atoms with van der Waals surface area (Å²) in [6.07, 6.45) is 4.36. The smallest absolute Gasteiger partial charge is 0.141 e. The lowest BCUT2D eigenvalue weighted by Crippen LogP contribution is -2.00. The van der Waals surface area contributed by atoms with Gasteiger partial charge in [-0.25, -0.2) is 0 Å². The first-order valence-electron chi connectivity index (χ1n) is 5.13. The number of benzene rings is 1. The van der Waals surface area contributed by atoms with E-state index in [1.54, 1.807) is 17.1 Å². The van der Waals surface area contributed by atoms with Crippen LogP contribution in [-0.4, -0.2) is 21.1 Å². The Morgan fingerprint density at radius 3 is 3.00 bits per heavy atom. The fraction of sp³-hybridized carbons (Fsp3) is 0.0833. The van der Waals surface area contributed by atoms with Gasteiger partial charge in [-0.05, 0) is 18.2 Å². The molecule has 5 heteroatoms. The monoisotopic (exact) mass is 289 g/mol. The Balaban J connectivity index is 2.39. The average molecular weight is 290 g/mol. The van der Waals surface area contributed by atoms with Crippen LogP contribution >= 0.6 is 15.9 Å². The van der Waals surface area contributed by atoms with Crippen LogP contribution in [0, 0.1) is 0 Å². The predicted octanol–water partition coefficient (Wildman–Crippen LogP) is 2.55. The largest absolute Gasteiger partial charge is 0.301 e. The summed E-state index contributed by atoms with van der Waals surface area (Å²) in [7, 11) is 0. The van der Waals surface area contributed by atoms with Crippen LogP contribution in [0.4, 0.5) is 0 Å². The third-order valence-corrected chi connectivity index (χ3v) is 3.20. The highest BCUT2D eigenvalue weighted by Crippen LogP contribution is 2.25. The van der Waals surface area contributed by atoms with Gasteiger partial charge in [0.25, 0.3) is 0 Å². The van der Waals surface area contributed by atoms with Gasteiger partial charge in [0.15, 0.2) is 0 Å². The summed E-state index contributed by atoms with van der Waals surface area (Å²) in [5.41, 5.74) is 1.80. The summed E-state index contributed by atoms with van der Waals surface area (Å²) in [4.78, 5) is 14.9. The molecule has 2 aromatic heterocycles. The van der Waals surface area contributed by atoms with Gasteiger partial charge in [0.2, 0.25) is 0 Å². The van der Waals surface area contributed by atoms with Crippen LogP contribution in [0.1, 0.15) is 0 Å². The lowest BCUT2D eigenvalue weighted by Gasteiger charge is -2.01. The second-order valence-corrected chi connectivity index (χ2v) is 4.63. The molecule has 0 saturated carbocycles. The van der Waals surface area contributed by atoms with Crippen molar-refractivity contribution in [2.45, 2.75) is 6.54 Å². The van der Waals surface area contributed by atoms with Gasteiger partial charge in [-0.3, -0.25) is 9.67 Å². The van der Waals surface area contributed by atoms with Crippen molar-refractivity contribution in [3.8, 4) is 0 Å². The molecular weight excluding hydrogens is 282 g/mol. The minimum atomic E-state index is 0.255. The molecule has 0 aliphatic heterocycles. The number of fused-ring (bicyclic) bond motifs is 3. The Bertz CT molecular complexity index is 720. The van der Waals surface area contributed by atoms with Crippen molar-refractivity contribution in [2.24, 2.45) is 0 Å². The van der Waals surface area contributed by atoms with E-state index in [2.05, 4.69) is 26.0 Å². The molecule has 0 spiro atoms. The van der Waals surface area contributed by atoms with Gasteiger partial charge in [-0.1, -0.05) is 15.9 Å². The van der Waals surface area contributed by atoms with E-state index in [0.717, 1.165) is 32.6 Å². The molecule has 2 heterocycles. The van der Waals surface area contributed by atoms with E-state index in [-0.39, 0.29) is 6.54 Å². The molecule has 0 N–H and O–H groups in total. The normalized spacial score (nSPS) is 11.1. The molecule has 0 atom stereocenters. The van der Waals surface area contributed by atoms with Gasteiger partial charge >= 0.3 is 0 Å². The minimum absolute atomic E-state index is 0.255. The topological polar surface area (TPSA) is 47.8 Å². The molecule has 0 fully saturated rings. The zero-order chi connectivity index (χ0) is 11.8. The maximum atomic E-state index is 10.5. The highest BCUT2D eigenvalue weighted by atomic mass is 79.9. The summed E-state index contributed by atoms with van der Waals surface area (Å²) < 4.78 is 2.65. The Morgan fingerprint density at radius 1 is 1.29 bits per heavy atom. The van der Waals surface area contributed by atoms with E-state index < -0.39 is 0 Å². The molecule has 0 saturated heterocycles. The number of aldehydes is 1. The number of nitrogens with zero attached hydrogens (tertiary/aromatic N) is 3. The highest BCUT2D eigenvalue weighted by molar-refractivity contribution is 9.10. The first kappa shape index (κ1) is 10.4. The molecule has 0 bridgehead atoms. The number of hydrogen-bond acceptors (Lipinski definition) is 3. The number of carbonyl (C=O) groups is 1. The maximum absolute atomic E-state index is 10.5. The van der Waals surface area contributed by atoms with E-state index in [1.807, 2.05) is 18.2 Å². The van der Waals surface area contributed by atoms with Crippen molar-refractivity contribution in [2.75, 3.05) is 0 Å². The second-order valence-electron chi connectivity index (χ2n) is 3.71. The van der Waals surface area contributed by atoms with Crippen molar-refractivity contribution in [3.05, 3.63) is 35.1 Å². The van der Waals surface area contributed by atoms with Gasteiger partial charge < -0.3 is 4.79 Å². The fourth-order valence-electron chi connectivity index (χ4n) is 1.92. The van der Waals surface area contributed by atoms with E-state index in [4.69, 9.17) is 0 Å². The average Bonchev–Trinajstić information content (AvgIpc) is 2.73. The van der Waals surface area contributed by atoms with Crippen LogP contribution in [-0.2, 0) is 11.3 Å². The number of hydrogen-bond donors (Lipinski definition) is 0. The molecule has 0 amide bonds. The van der Waals surface area contributed by atoms with Crippen molar-refractivity contribution >= 4 is 44.0 Å². The number of aromatic nitrogens is 3. The maximum Gasteiger partial charge on any atom is 0.141 e. The first-order chi connectivity index (χ1) is 8.29. The number of pyridine rings is 1. The molecular formula is C12H8BrN3O. The summed E-state index contributed by atoms with van der Waals surface area (Å²) in [6.45, 7) is 0.255. The third kappa shape index (κ3) is 1.63. The van der Waals surface area contributed by atoms with Crippen LogP contribution in [0.3, 0.4) is 0 Å². The molecule has 1 aromatic carbocycles. The van der Waals surface area contributed by atoms with Crippen molar-refractivity contribution in [3.63, 3.8) is 0 Å². The van der Waals surface area contributed by atoms with E-state index >= 15 is 0 Å². The number of carbonyl (C=O) groups excluding carboxylic acids is 1. The minimum Gasteiger partial charge on any atom is -0.301 e. The summed E-state index contributed by atoms with van der Waals surface area (Å²) in [5, 5.41) is 6.24. The quantitative estimate of drug-likeness (QED) is 0.681. The molecule has 17 heavy (non-hydrogen) atoms. The van der Waals surface area contributed by atoms with Gasteiger partial charge in [-0.2, -0.15) is 5.10 Å². The van der Waals surface area contributed by atoms with E-state index in [9.17, 15) is 4.79 Å². The number of halogens is 1. The molecule has 3 rings (SSSR count). The SMILES string of the molecule is O=CCn1ncc2c3cc(Br)ccc3ncc21. The Kier molecular flexibility index (Phi) is 2.40. The highest BCUT2D eigenvalue weighted by Gasteiger charge is 2.07. The zero-order valence-electron chi connectivity index (χ0n) is 8.80. The van der Waals surface area contributed by atoms with Gasteiger partial charge in [0, 0.05) is 15.2 Å². The Morgan fingerprint density at radius 2 is 2.18 bits per heavy atom. The molecule has 3 aromatic rings. The third-order valence-electron chi connectivity index (χ3n) is 2.70. The van der Waals surface area contributed by atoms with E-state index in [0.29, 0.717) is 0 Å². The standard InChI is InChI=1S/C12H8BrN3O/c13-8-1-2-11-9(5-8)10-6-15-16(3-4-17)12(10)7-14-11/h1-2,4-7H,3H2. The Labute approximate surface area is 105 Å². The summed E-state index contributed by atoms with van der Waals surface area (Å²) >= 11 is 3.44. The summed E-state index contributed by atoms with van der Waals surface area (Å²) in [5.74, 6) is 0. The Hall–Kier alpha value is -1.75. The first-order valence-corrected chi connectivity index (χ1v) is 5.92. The number of rotatable bonds is 2.